The highest BCUT2D eigenvalue weighted by atomic mass is 16.5. The minimum absolute atomic E-state index is 0.261. The highest BCUT2D eigenvalue weighted by Crippen LogP contribution is 2.28. The first-order valence-electron chi connectivity index (χ1n) is 8.15. The first-order valence-corrected chi connectivity index (χ1v) is 8.15. The molecular weight excluding hydrogens is 248 g/mol. The number of ether oxygens (including phenoxy) is 1. The van der Waals surface area contributed by atoms with Crippen LogP contribution in [0.2, 0.25) is 0 Å². The van der Waals surface area contributed by atoms with Gasteiger partial charge in [-0.3, -0.25) is 0 Å². The molecule has 0 saturated carbocycles. The Balaban J connectivity index is 2.60. The Kier molecular flexibility index (Phi) is 8.17. The lowest BCUT2D eigenvalue weighted by atomic mass is 9.99. The number of hydrogen-bond donors (Lipinski definition) is 1. The van der Waals surface area contributed by atoms with Gasteiger partial charge in [0.2, 0.25) is 0 Å². The van der Waals surface area contributed by atoms with Gasteiger partial charge in [0.1, 0.15) is 0 Å². The second-order valence-corrected chi connectivity index (χ2v) is 5.66. The van der Waals surface area contributed by atoms with Crippen molar-refractivity contribution in [2.45, 2.75) is 65.7 Å². The molecule has 0 aromatic heterocycles. The highest BCUT2D eigenvalue weighted by Gasteiger charge is 2.10. The fraction of sp³-hybridized carbons (Fsp3) is 0.667. The van der Waals surface area contributed by atoms with E-state index in [2.05, 4.69) is 20.8 Å². The van der Waals surface area contributed by atoms with Crippen LogP contribution in [0.25, 0.3) is 0 Å². The van der Waals surface area contributed by atoms with E-state index in [1.807, 2.05) is 12.1 Å². The van der Waals surface area contributed by atoms with Gasteiger partial charge in [-0.15, -0.1) is 0 Å². The zero-order valence-corrected chi connectivity index (χ0v) is 13.3. The molecule has 0 amide bonds. The molecule has 114 valence electrons. The fourth-order valence-electron chi connectivity index (χ4n) is 2.55. The second kappa shape index (κ2) is 9.68. The van der Waals surface area contributed by atoms with E-state index in [0.717, 1.165) is 6.42 Å². The lowest BCUT2D eigenvalue weighted by Gasteiger charge is -2.17. The van der Waals surface area contributed by atoms with Gasteiger partial charge in [0.25, 0.3) is 0 Å². The Labute approximate surface area is 124 Å². The minimum atomic E-state index is 0.261. The maximum Gasteiger partial charge on any atom is 0.161 e. The molecule has 20 heavy (non-hydrogen) atoms. The molecule has 2 heteroatoms. The fourth-order valence-corrected chi connectivity index (χ4v) is 2.55. The van der Waals surface area contributed by atoms with Gasteiger partial charge >= 0.3 is 0 Å². The average molecular weight is 278 g/mol. The maximum atomic E-state index is 9.91. The standard InChI is InChI=1S/C18H30O2/c1-4-7-10-15-11-12-17(19)18(13-15)20-14-16(8-5-2)9-6-3/h11-13,16,19H,4-10,14H2,1-3H3. The summed E-state index contributed by atoms with van der Waals surface area (Å²) in [6.07, 6.45) is 8.20. The number of aromatic hydroxyl groups is 1. The normalized spacial score (nSPS) is 11.0. The Morgan fingerprint density at radius 3 is 2.35 bits per heavy atom. The lowest BCUT2D eigenvalue weighted by molar-refractivity contribution is 0.222. The molecule has 0 heterocycles. The smallest absolute Gasteiger partial charge is 0.161 e. The number of rotatable bonds is 10. The molecule has 1 rings (SSSR count). The molecule has 0 saturated heterocycles. The van der Waals surface area contributed by atoms with E-state index in [0.29, 0.717) is 18.3 Å². The Hall–Kier alpha value is -1.18. The van der Waals surface area contributed by atoms with Gasteiger partial charge in [-0.05, 0) is 49.3 Å². The first kappa shape index (κ1) is 16.9. The van der Waals surface area contributed by atoms with Crippen molar-refractivity contribution in [1.29, 1.82) is 0 Å². The largest absolute Gasteiger partial charge is 0.504 e. The van der Waals surface area contributed by atoms with E-state index >= 15 is 0 Å². The molecular formula is C18H30O2. The minimum Gasteiger partial charge on any atom is -0.504 e. The number of aryl methyl sites for hydroxylation is 1. The molecule has 0 aliphatic rings. The molecule has 2 nitrogen and oxygen atoms in total. The molecule has 0 aliphatic heterocycles. The topological polar surface area (TPSA) is 29.5 Å². The second-order valence-electron chi connectivity index (χ2n) is 5.66. The van der Waals surface area contributed by atoms with Crippen molar-refractivity contribution in [1.82, 2.24) is 0 Å². The third-order valence-electron chi connectivity index (χ3n) is 3.71. The number of unbranched alkanes of at least 4 members (excludes halogenated alkanes) is 1. The van der Waals surface area contributed by atoms with Crippen molar-refractivity contribution < 1.29 is 9.84 Å². The van der Waals surface area contributed by atoms with Crippen LogP contribution in [-0.2, 0) is 6.42 Å². The first-order chi connectivity index (χ1) is 9.71. The molecule has 0 bridgehead atoms. The van der Waals surface area contributed by atoms with Gasteiger partial charge in [-0.25, -0.2) is 0 Å². The average Bonchev–Trinajstić information content (AvgIpc) is 2.45. The summed E-state index contributed by atoms with van der Waals surface area (Å²) in [7, 11) is 0. The van der Waals surface area contributed by atoms with Crippen LogP contribution in [0.3, 0.4) is 0 Å². The Bertz CT molecular complexity index is 368. The van der Waals surface area contributed by atoms with E-state index < -0.39 is 0 Å². The quantitative estimate of drug-likeness (QED) is 0.626. The van der Waals surface area contributed by atoms with Gasteiger partial charge in [0.05, 0.1) is 6.61 Å². The van der Waals surface area contributed by atoms with Gasteiger partial charge < -0.3 is 9.84 Å². The Morgan fingerprint density at radius 2 is 1.75 bits per heavy atom. The molecule has 1 aromatic rings. The van der Waals surface area contributed by atoms with Crippen LogP contribution in [0.5, 0.6) is 11.5 Å². The van der Waals surface area contributed by atoms with Crippen molar-refractivity contribution in [2.75, 3.05) is 6.61 Å². The molecule has 0 radical (unpaired) electrons. The number of phenols is 1. The monoisotopic (exact) mass is 278 g/mol. The number of benzene rings is 1. The summed E-state index contributed by atoms with van der Waals surface area (Å²) >= 11 is 0. The summed E-state index contributed by atoms with van der Waals surface area (Å²) in [5.41, 5.74) is 1.25. The van der Waals surface area contributed by atoms with Gasteiger partial charge in [0.15, 0.2) is 11.5 Å². The zero-order chi connectivity index (χ0) is 14.8. The SMILES string of the molecule is CCCCc1ccc(O)c(OCC(CCC)CCC)c1. The van der Waals surface area contributed by atoms with Crippen LogP contribution >= 0.6 is 0 Å². The molecule has 0 fully saturated rings. The van der Waals surface area contributed by atoms with Crippen molar-refractivity contribution in [3.8, 4) is 11.5 Å². The van der Waals surface area contributed by atoms with E-state index in [9.17, 15) is 5.11 Å². The highest BCUT2D eigenvalue weighted by molar-refractivity contribution is 5.41. The van der Waals surface area contributed by atoms with Gasteiger partial charge in [0, 0.05) is 0 Å². The summed E-state index contributed by atoms with van der Waals surface area (Å²) in [6, 6.07) is 5.75. The predicted octanol–water partition coefficient (Wildman–Crippen LogP) is 5.33. The summed E-state index contributed by atoms with van der Waals surface area (Å²) < 4.78 is 5.87. The van der Waals surface area contributed by atoms with Crippen LogP contribution in [0, 0.1) is 5.92 Å². The van der Waals surface area contributed by atoms with Crippen LogP contribution < -0.4 is 4.74 Å². The van der Waals surface area contributed by atoms with Gasteiger partial charge in [-0.2, -0.15) is 0 Å². The summed E-state index contributed by atoms with van der Waals surface area (Å²) in [5, 5.41) is 9.91. The number of phenolic OH excluding ortho intramolecular Hbond substituents is 1. The van der Waals surface area contributed by atoms with Crippen LogP contribution in [0.1, 0.15) is 64.9 Å². The van der Waals surface area contributed by atoms with E-state index in [-0.39, 0.29) is 5.75 Å². The lowest BCUT2D eigenvalue weighted by Crippen LogP contribution is -2.12. The molecule has 0 spiro atoms. The van der Waals surface area contributed by atoms with Crippen LogP contribution in [0.4, 0.5) is 0 Å². The Morgan fingerprint density at radius 1 is 1.05 bits per heavy atom. The molecule has 0 atom stereocenters. The van der Waals surface area contributed by atoms with E-state index in [1.54, 1.807) is 6.07 Å². The van der Waals surface area contributed by atoms with Crippen molar-refractivity contribution >= 4 is 0 Å². The molecule has 0 aliphatic carbocycles. The summed E-state index contributed by atoms with van der Waals surface area (Å²) in [6.45, 7) is 7.33. The molecule has 0 unspecified atom stereocenters. The predicted molar refractivity (Wildman–Crippen MR) is 85.5 cm³/mol. The van der Waals surface area contributed by atoms with Crippen LogP contribution in [-0.4, -0.2) is 11.7 Å². The molecule has 1 aromatic carbocycles. The van der Waals surface area contributed by atoms with Crippen molar-refractivity contribution in [2.24, 2.45) is 5.92 Å². The third-order valence-corrected chi connectivity index (χ3v) is 3.71. The van der Waals surface area contributed by atoms with Gasteiger partial charge in [-0.1, -0.05) is 46.1 Å². The summed E-state index contributed by atoms with van der Waals surface area (Å²) in [5.74, 6) is 1.51. The molecule has 1 N–H and O–H groups in total. The van der Waals surface area contributed by atoms with Crippen LogP contribution in [0.15, 0.2) is 18.2 Å². The summed E-state index contributed by atoms with van der Waals surface area (Å²) in [4.78, 5) is 0. The zero-order valence-electron chi connectivity index (χ0n) is 13.3. The number of hydrogen-bond acceptors (Lipinski definition) is 2. The van der Waals surface area contributed by atoms with Crippen molar-refractivity contribution in [3.63, 3.8) is 0 Å². The third kappa shape index (κ3) is 5.85. The van der Waals surface area contributed by atoms with E-state index in [1.165, 1.54) is 44.1 Å². The maximum absolute atomic E-state index is 9.91. The van der Waals surface area contributed by atoms with E-state index in [4.69, 9.17) is 4.74 Å². The van der Waals surface area contributed by atoms with Crippen molar-refractivity contribution in [3.05, 3.63) is 23.8 Å².